The number of rotatable bonds is 2. The van der Waals surface area contributed by atoms with E-state index in [1.165, 1.54) is 0 Å². The summed E-state index contributed by atoms with van der Waals surface area (Å²) in [6.07, 6.45) is 3.21. The van der Waals surface area contributed by atoms with Crippen LogP contribution in [0.1, 0.15) is 31.2 Å². The van der Waals surface area contributed by atoms with Crippen LogP contribution in [0.5, 0.6) is 0 Å². The highest BCUT2D eigenvalue weighted by Crippen LogP contribution is 2.21. The van der Waals surface area contributed by atoms with Crippen molar-refractivity contribution in [3.8, 4) is 0 Å². The first-order valence-electron chi connectivity index (χ1n) is 6.58. The number of aryl methyl sites for hydroxylation is 1. The van der Waals surface area contributed by atoms with Crippen molar-refractivity contribution < 1.29 is 9.90 Å². The summed E-state index contributed by atoms with van der Waals surface area (Å²) in [7, 11) is 0. The number of hydrogen-bond acceptors (Lipinski definition) is 2. The van der Waals surface area contributed by atoms with E-state index < -0.39 is 6.10 Å². The maximum Gasteiger partial charge on any atom is 0.319 e. The highest BCUT2D eigenvalue weighted by atomic mass is 35.5. The van der Waals surface area contributed by atoms with Gasteiger partial charge in [0.1, 0.15) is 0 Å². The third-order valence-electron chi connectivity index (χ3n) is 3.48. The molecular weight excluding hydrogens is 264 g/mol. The molecule has 0 aliphatic heterocycles. The molecule has 0 spiro atoms. The molecule has 1 aliphatic rings. The molecule has 3 N–H and O–H groups in total. The van der Waals surface area contributed by atoms with Gasteiger partial charge in [0.05, 0.1) is 12.1 Å². The number of carbonyl (C=O) groups is 1. The molecule has 2 amide bonds. The fraction of sp³-hybridized carbons (Fsp3) is 0.500. The van der Waals surface area contributed by atoms with Crippen LogP contribution in [0, 0.1) is 6.92 Å². The van der Waals surface area contributed by atoms with Crippen molar-refractivity contribution in [1.82, 2.24) is 5.32 Å². The van der Waals surface area contributed by atoms with Crippen molar-refractivity contribution in [2.45, 2.75) is 44.8 Å². The minimum absolute atomic E-state index is 0.152. The van der Waals surface area contributed by atoms with Gasteiger partial charge in [-0.3, -0.25) is 0 Å². The van der Waals surface area contributed by atoms with Crippen LogP contribution in [0.3, 0.4) is 0 Å². The second kappa shape index (κ2) is 6.26. The lowest BCUT2D eigenvalue weighted by molar-refractivity contribution is 0.0955. The summed E-state index contributed by atoms with van der Waals surface area (Å²) in [6.45, 7) is 1.89. The smallest absolute Gasteiger partial charge is 0.319 e. The fourth-order valence-corrected chi connectivity index (χ4v) is 2.60. The first-order chi connectivity index (χ1) is 9.06. The van der Waals surface area contributed by atoms with E-state index in [9.17, 15) is 9.90 Å². The van der Waals surface area contributed by atoms with Crippen LogP contribution in [0.15, 0.2) is 18.2 Å². The van der Waals surface area contributed by atoms with Crippen molar-refractivity contribution in [3.63, 3.8) is 0 Å². The monoisotopic (exact) mass is 282 g/mol. The summed E-state index contributed by atoms with van der Waals surface area (Å²) in [5, 5.41) is 16.1. The molecule has 2 rings (SSSR count). The summed E-state index contributed by atoms with van der Waals surface area (Å²) < 4.78 is 0. The van der Waals surface area contributed by atoms with Gasteiger partial charge in [0.2, 0.25) is 0 Å². The molecule has 0 aromatic heterocycles. The number of aliphatic hydroxyl groups is 1. The van der Waals surface area contributed by atoms with E-state index in [-0.39, 0.29) is 12.1 Å². The van der Waals surface area contributed by atoms with E-state index in [0.29, 0.717) is 5.02 Å². The second-order valence-electron chi connectivity index (χ2n) is 5.02. The molecule has 0 saturated heterocycles. The first-order valence-corrected chi connectivity index (χ1v) is 6.96. The molecule has 5 heteroatoms. The third-order valence-corrected chi connectivity index (χ3v) is 3.72. The predicted octanol–water partition coefficient (Wildman–Crippen LogP) is 3.07. The largest absolute Gasteiger partial charge is 0.391 e. The Hall–Kier alpha value is -1.26. The predicted molar refractivity (Wildman–Crippen MR) is 76.6 cm³/mol. The van der Waals surface area contributed by atoms with E-state index in [4.69, 9.17) is 11.6 Å². The van der Waals surface area contributed by atoms with Gasteiger partial charge in [-0.1, -0.05) is 24.4 Å². The van der Waals surface area contributed by atoms with E-state index in [1.807, 2.05) is 6.92 Å². The maximum atomic E-state index is 11.9. The number of aliphatic hydroxyl groups excluding tert-OH is 1. The van der Waals surface area contributed by atoms with Crippen LogP contribution in [0.2, 0.25) is 5.02 Å². The van der Waals surface area contributed by atoms with Crippen molar-refractivity contribution in [2.24, 2.45) is 0 Å². The standard InChI is InChI=1S/C14H19ClN2O2/c1-9-8-10(15)6-7-11(9)16-14(19)17-12-4-2-3-5-13(12)18/h6-8,12-13,18H,2-5H2,1H3,(H2,16,17,19). The van der Waals surface area contributed by atoms with Crippen LogP contribution >= 0.6 is 11.6 Å². The SMILES string of the molecule is Cc1cc(Cl)ccc1NC(=O)NC1CCCCC1O. The van der Waals surface area contributed by atoms with Gasteiger partial charge in [0, 0.05) is 10.7 Å². The van der Waals surface area contributed by atoms with Crippen molar-refractivity contribution in [3.05, 3.63) is 28.8 Å². The Labute approximate surface area is 118 Å². The molecule has 4 nitrogen and oxygen atoms in total. The summed E-state index contributed by atoms with van der Waals surface area (Å²) in [5.41, 5.74) is 1.64. The number of hydrogen-bond donors (Lipinski definition) is 3. The van der Waals surface area contributed by atoms with Gasteiger partial charge in [0.25, 0.3) is 0 Å². The molecule has 19 heavy (non-hydrogen) atoms. The number of benzene rings is 1. The highest BCUT2D eigenvalue weighted by Gasteiger charge is 2.24. The van der Waals surface area contributed by atoms with Crippen LogP contribution < -0.4 is 10.6 Å². The van der Waals surface area contributed by atoms with E-state index in [2.05, 4.69) is 10.6 Å². The normalized spacial score (nSPS) is 22.9. The van der Waals surface area contributed by atoms with Gasteiger partial charge in [-0.05, 0) is 43.5 Å². The molecular formula is C14H19ClN2O2. The van der Waals surface area contributed by atoms with Gasteiger partial charge < -0.3 is 15.7 Å². The Bertz CT molecular complexity index is 465. The molecule has 1 aromatic carbocycles. The first kappa shape index (κ1) is 14.2. The van der Waals surface area contributed by atoms with Gasteiger partial charge in [-0.15, -0.1) is 0 Å². The molecule has 1 aliphatic carbocycles. The zero-order valence-corrected chi connectivity index (χ0v) is 11.7. The van der Waals surface area contributed by atoms with E-state index >= 15 is 0 Å². The quantitative estimate of drug-likeness (QED) is 0.781. The van der Waals surface area contributed by atoms with Crippen LogP contribution in [-0.2, 0) is 0 Å². The zero-order valence-electron chi connectivity index (χ0n) is 10.9. The summed E-state index contributed by atoms with van der Waals surface area (Å²) in [6, 6.07) is 4.87. The lowest BCUT2D eigenvalue weighted by Crippen LogP contribution is -2.46. The van der Waals surface area contributed by atoms with Gasteiger partial charge in [-0.25, -0.2) is 4.79 Å². The van der Waals surface area contributed by atoms with Crippen molar-refractivity contribution in [1.29, 1.82) is 0 Å². The third kappa shape index (κ3) is 3.85. The Kier molecular flexibility index (Phi) is 4.66. The average Bonchev–Trinajstić information content (AvgIpc) is 2.36. The number of anilines is 1. The van der Waals surface area contributed by atoms with Gasteiger partial charge >= 0.3 is 6.03 Å². The number of urea groups is 1. The summed E-state index contributed by atoms with van der Waals surface area (Å²) in [4.78, 5) is 11.9. The minimum atomic E-state index is -0.439. The Morgan fingerprint density at radius 1 is 1.37 bits per heavy atom. The topological polar surface area (TPSA) is 61.4 Å². The van der Waals surface area contributed by atoms with E-state index in [0.717, 1.165) is 36.9 Å². The molecule has 0 bridgehead atoms. The van der Waals surface area contributed by atoms with E-state index in [1.54, 1.807) is 18.2 Å². The van der Waals surface area contributed by atoms with Crippen LogP contribution in [-0.4, -0.2) is 23.3 Å². The Balaban J connectivity index is 1.93. The van der Waals surface area contributed by atoms with Gasteiger partial charge in [0.15, 0.2) is 0 Å². The van der Waals surface area contributed by atoms with Crippen molar-refractivity contribution >= 4 is 23.3 Å². The Morgan fingerprint density at radius 2 is 2.11 bits per heavy atom. The van der Waals surface area contributed by atoms with Crippen molar-refractivity contribution in [2.75, 3.05) is 5.32 Å². The number of nitrogens with one attached hydrogen (secondary N) is 2. The lowest BCUT2D eigenvalue weighted by atomic mass is 9.93. The average molecular weight is 283 g/mol. The minimum Gasteiger partial charge on any atom is -0.391 e. The number of carbonyl (C=O) groups excluding carboxylic acids is 1. The second-order valence-corrected chi connectivity index (χ2v) is 5.45. The maximum absolute atomic E-state index is 11.9. The summed E-state index contributed by atoms with van der Waals surface area (Å²) >= 11 is 5.87. The fourth-order valence-electron chi connectivity index (χ4n) is 2.37. The van der Waals surface area contributed by atoms with Crippen LogP contribution in [0.4, 0.5) is 10.5 Å². The van der Waals surface area contributed by atoms with Gasteiger partial charge in [-0.2, -0.15) is 0 Å². The molecule has 0 heterocycles. The highest BCUT2D eigenvalue weighted by molar-refractivity contribution is 6.30. The Morgan fingerprint density at radius 3 is 2.79 bits per heavy atom. The lowest BCUT2D eigenvalue weighted by Gasteiger charge is -2.28. The van der Waals surface area contributed by atoms with Crippen LogP contribution in [0.25, 0.3) is 0 Å². The molecule has 0 radical (unpaired) electrons. The molecule has 1 saturated carbocycles. The molecule has 104 valence electrons. The molecule has 2 atom stereocenters. The molecule has 1 aromatic rings. The summed E-state index contributed by atoms with van der Waals surface area (Å²) in [5.74, 6) is 0. The zero-order chi connectivity index (χ0) is 13.8. The molecule has 1 fully saturated rings. The number of amides is 2. The number of halogens is 1. The molecule has 2 unspecified atom stereocenters.